The zero-order chi connectivity index (χ0) is 9.42. The third-order valence-electron chi connectivity index (χ3n) is 2.11. The maximum atomic E-state index is 13.4. The minimum atomic E-state index is -0.194. The molecular formula is C10H11FN2. The van der Waals surface area contributed by atoms with Crippen molar-refractivity contribution in [3.8, 4) is 0 Å². The topological polar surface area (TPSA) is 17.3 Å². The van der Waals surface area contributed by atoms with Crippen molar-refractivity contribution in [3.63, 3.8) is 0 Å². The van der Waals surface area contributed by atoms with Crippen LogP contribution < -0.4 is 0 Å². The first kappa shape index (κ1) is 8.23. The standard InChI is InChI=1S/C10H11FN2/c1-3-8-5-9(11)10-4-7(2)12-13(10)6-8/h4-6H,3H2,1-2H3. The Bertz CT molecular complexity index is 445. The number of fused-ring (bicyclic) bond motifs is 1. The van der Waals surface area contributed by atoms with Crippen molar-refractivity contribution >= 4 is 5.52 Å². The molecule has 2 aromatic rings. The Hall–Kier alpha value is -1.38. The largest absolute Gasteiger partial charge is 0.237 e. The van der Waals surface area contributed by atoms with Crippen molar-refractivity contribution in [2.75, 3.05) is 0 Å². The van der Waals surface area contributed by atoms with Gasteiger partial charge in [0.05, 0.1) is 5.69 Å². The van der Waals surface area contributed by atoms with Gasteiger partial charge in [-0.1, -0.05) is 6.92 Å². The number of aryl methyl sites for hydroxylation is 2. The molecule has 0 saturated heterocycles. The molecule has 0 unspecified atom stereocenters. The van der Waals surface area contributed by atoms with Crippen LogP contribution in [0.1, 0.15) is 18.2 Å². The maximum Gasteiger partial charge on any atom is 0.149 e. The summed E-state index contributed by atoms with van der Waals surface area (Å²) in [6.45, 7) is 3.86. The van der Waals surface area contributed by atoms with Gasteiger partial charge in [-0.2, -0.15) is 5.10 Å². The number of pyridine rings is 1. The molecule has 0 aliphatic carbocycles. The maximum absolute atomic E-state index is 13.4. The summed E-state index contributed by atoms with van der Waals surface area (Å²) in [5.74, 6) is -0.194. The number of nitrogens with zero attached hydrogens (tertiary/aromatic N) is 2. The molecule has 0 fully saturated rings. The Kier molecular flexibility index (Phi) is 1.79. The van der Waals surface area contributed by atoms with Gasteiger partial charge >= 0.3 is 0 Å². The molecule has 0 N–H and O–H groups in total. The Balaban J connectivity index is 2.75. The third-order valence-corrected chi connectivity index (χ3v) is 2.11. The van der Waals surface area contributed by atoms with Gasteiger partial charge in [0.1, 0.15) is 11.3 Å². The fourth-order valence-electron chi connectivity index (χ4n) is 1.42. The molecule has 2 nitrogen and oxygen atoms in total. The lowest BCUT2D eigenvalue weighted by Gasteiger charge is -1.99. The molecule has 0 saturated carbocycles. The molecule has 0 aliphatic heterocycles. The van der Waals surface area contributed by atoms with Gasteiger partial charge in [-0.3, -0.25) is 0 Å². The van der Waals surface area contributed by atoms with Gasteiger partial charge in [0, 0.05) is 6.20 Å². The van der Waals surface area contributed by atoms with Gasteiger partial charge in [0.15, 0.2) is 0 Å². The Morgan fingerprint density at radius 2 is 2.23 bits per heavy atom. The summed E-state index contributed by atoms with van der Waals surface area (Å²) in [5, 5.41) is 4.16. The van der Waals surface area contributed by atoms with Crippen molar-refractivity contribution in [2.45, 2.75) is 20.3 Å². The highest BCUT2D eigenvalue weighted by Gasteiger charge is 2.04. The molecule has 0 atom stereocenters. The predicted octanol–water partition coefficient (Wildman–Crippen LogP) is 2.34. The van der Waals surface area contributed by atoms with Crippen LogP contribution in [0.4, 0.5) is 4.39 Å². The van der Waals surface area contributed by atoms with E-state index in [2.05, 4.69) is 5.10 Å². The van der Waals surface area contributed by atoms with Crippen LogP contribution in [0.25, 0.3) is 5.52 Å². The SMILES string of the molecule is CCc1cc(F)c2cc(C)nn2c1. The van der Waals surface area contributed by atoms with Crippen molar-refractivity contribution in [1.29, 1.82) is 0 Å². The van der Waals surface area contributed by atoms with Crippen molar-refractivity contribution in [3.05, 3.63) is 35.4 Å². The van der Waals surface area contributed by atoms with E-state index in [1.165, 1.54) is 0 Å². The lowest BCUT2D eigenvalue weighted by molar-refractivity contribution is 0.627. The molecule has 2 aromatic heterocycles. The van der Waals surface area contributed by atoms with Gasteiger partial charge in [-0.25, -0.2) is 8.91 Å². The molecule has 2 heterocycles. The first-order valence-corrected chi connectivity index (χ1v) is 4.35. The van der Waals surface area contributed by atoms with E-state index in [1.807, 2.05) is 20.0 Å². The van der Waals surface area contributed by atoms with E-state index in [4.69, 9.17) is 0 Å². The van der Waals surface area contributed by atoms with Crippen LogP contribution in [0.3, 0.4) is 0 Å². The highest BCUT2D eigenvalue weighted by Crippen LogP contribution is 2.13. The highest BCUT2D eigenvalue weighted by molar-refractivity contribution is 5.49. The lowest BCUT2D eigenvalue weighted by atomic mass is 10.2. The average molecular weight is 178 g/mol. The van der Waals surface area contributed by atoms with Crippen LogP contribution in [0.15, 0.2) is 18.3 Å². The molecule has 0 bridgehead atoms. The third kappa shape index (κ3) is 1.30. The van der Waals surface area contributed by atoms with Crippen molar-refractivity contribution in [1.82, 2.24) is 9.61 Å². The molecule has 2 rings (SSSR count). The van der Waals surface area contributed by atoms with E-state index in [-0.39, 0.29) is 5.82 Å². The van der Waals surface area contributed by atoms with Crippen molar-refractivity contribution in [2.24, 2.45) is 0 Å². The second-order valence-electron chi connectivity index (χ2n) is 3.17. The predicted molar refractivity (Wildman–Crippen MR) is 49.3 cm³/mol. The number of rotatable bonds is 1. The Morgan fingerprint density at radius 1 is 1.46 bits per heavy atom. The molecule has 13 heavy (non-hydrogen) atoms. The first-order chi connectivity index (χ1) is 6.20. The highest BCUT2D eigenvalue weighted by atomic mass is 19.1. The van der Waals surface area contributed by atoms with Crippen molar-refractivity contribution < 1.29 is 4.39 Å². The smallest absolute Gasteiger partial charge is 0.149 e. The van der Waals surface area contributed by atoms with E-state index < -0.39 is 0 Å². The summed E-state index contributed by atoms with van der Waals surface area (Å²) in [6.07, 6.45) is 2.69. The molecule has 0 aliphatic rings. The molecular weight excluding hydrogens is 167 g/mol. The summed E-state index contributed by atoms with van der Waals surface area (Å²) in [5.41, 5.74) is 2.36. The van der Waals surface area contributed by atoms with Gasteiger partial charge in [0.2, 0.25) is 0 Å². The summed E-state index contributed by atoms with van der Waals surface area (Å²) in [7, 11) is 0. The van der Waals surface area contributed by atoms with Crippen LogP contribution in [-0.4, -0.2) is 9.61 Å². The molecule has 0 amide bonds. The quantitative estimate of drug-likeness (QED) is 0.655. The van der Waals surface area contributed by atoms with E-state index in [0.29, 0.717) is 5.52 Å². The zero-order valence-corrected chi connectivity index (χ0v) is 7.71. The normalized spacial score (nSPS) is 11.0. The number of aromatic nitrogens is 2. The van der Waals surface area contributed by atoms with E-state index in [9.17, 15) is 4.39 Å². The first-order valence-electron chi connectivity index (χ1n) is 4.35. The van der Waals surface area contributed by atoms with Gasteiger partial charge in [0.25, 0.3) is 0 Å². The molecule has 3 heteroatoms. The molecule has 0 radical (unpaired) electrons. The minimum Gasteiger partial charge on any atom is -0.237 e. The van der Waals surface area contributed by atoms with Crippen LogP contribution in [0.5, 0.6) is 0 Å². The molecule has 0 spiro atoms. The van der Waals surface area contributed by atoms with Crippen LogP contribution in [0, 0.1) is 12.7 Å². The second-order valence-corrected chi connectivity index (χ2v) is 3.17. The summed E-state index contributed by atoms with van der Waals surface area (Å²) in [4.78, 5) is 0. The zero-order valence-electron chi connectivity index (χ0n) is 7.71. The monoisotopic (exact) mass is 178 g/mol. The van der Waals surface area contributed by atoms with Gasteiger partial charge < -0.3 is 0 Å². The van der Waals surface area contributed by atoms with Crippen LogP contribution >= 0.6 is 0 Å². The van der Waals surface area contributed by atoms with Crippen LogP contribution in [-0.2, 0) is 6.42 Å². The number of hydrogen-bond donors (Lipinski definition) is 0. The molecule has 0 aromatic carbocycles. The van der Waals surface area contributed by atoms with E-state index in [1.54, 1.807) is 16.6 Å². The van der Waals surface area contributed by atoms with Gasteiger partial charge in [-0.15, -0.1) is 0 Å². The fraction of sp³-hybridized carbons (Fsp3) is 0.300. The lowest BCUT2D eigenvalue weighted by Crippen LogP contribution is -1.93. The Labute approximate surface area is 76.0 Å². The number of hydrogen-bond acceptors (Lipinski definition) is 1. The summed E-state index contributed by atoms with van der Waals surface area (Å²) < 4.78 is 15.0. The second kappa shape index (κ2) is 2.83. The van der Waals surface area contributed by atoms with Crippen LogP contribution in [0.2, 0.25) is 0 Å². The van der Waals surface area contributed by atoms with E-state index in [0.717, 1.165) is 17.7 Å². The summed E-state index contributed by atoms with van der Waals surface area (Å²) >= 11 is 0. The molecule has 68 valence electrons. The average Bonchev–Trinajstić information content (AvgIpc) is 2.46. The van der Waals surface area contributed by atoms with E-state index >= 15 is 0 Å². The number of halogens is 1. The Morgan fingerprint density at radius 3 is 2.92 bits per heavy atom. The van der Waals surface area contributed by atoms with Gasteiger partial charge in [-0.05, 0) is 31.0 Å². The minimum absolute atomic E-state index is 0.194. The summed E-state index contributed by atoms with van der Waals surface area (Å²) in [6, 6.07) is 3.31. The fourth-order valence-corrected chi connectivity index (χ4v) is 1.42.